The van der Waals surface area contributed by atoms with Crippen LogP contribution in [0.4, 0.5) is 5.00 Å². The van der Waals surface area contributed by atoms with Crippen molar-refractivity contribution in [1.29, 1.82) is 5.26 Å². The summed E-state index contributed by atoms with van der Waals surface area (Å²) in [4.78, 5) is 26.9. The molecular weight excluding hydrogens is 362 g/mol. The van der Waals surface area contributed by atoms with Gasteiger partial charge in [-0.25, -0.2) is 0 Å². The molecule has 1 aliphatic heterocycles. The van der Waals surface area contributed by atoms with Gasteiger partial charge < -0.3 is 15.0 Å². The van der Waals surface area contributed by atoms with Crippen LogP contribution in [0.15, 0.2) is 36.4 Å². The van der Waals surface area contributed by atoms with Gasteiger partial charge in [-0.15, -0.1) is 11.3 Å². The number of fused-ring (bicyclic) bond motifs is 1. The van der Waals surface area contributed by atoms with Gasteiger partial charge in [0.05, 0.1) is 12.1 Å². The van der Waals surface area contributed by atoms with Gasteiger partial charge in [0.25, 0.3) is 0 Å². The van der Waals surface area contributed by atoms with Crippen LogP contribution < -0.4 is 5.32 Å². The summed E-state index contributed by atoms with van der Waals surface area (Å²) in [7, 11) is 1.49. The van der Waals surface area contributed by atoms with E-state index >= 15 is 0 Å². The molecule has 1 N–H and O–H groups in total. The van der Waals surface area contributed by atoms with Crippen LogP contribution in [0.1, 0.15) is 21.6 Å². The predicted molar refractivity (Wildman–Crippen MR) is 104 cm³/mol. The van der Waals surface area contributed by atoms with Crippen LogP contribution >= 0.6 is 11.3 Å². The van der Waals surface area contributed by atoms with Crippen LogP contribution in [0.5, 0.6) is 0 Å². The third kappa shape index (κ3) is 4.42. The van der Waals surface area contributed by atoms with Crippen molar-refractivity contribution in [2.45, 2.75) is 13.0 Å². The number of benzene rings is 1. The molecule has 138 valence electrons. The summed E-state index contributed by atoms with van der Waals surface area (Å²) in [5.41, 5.74) is 2.34. The molecule has 0 unspecified atom stereocenters. The molecule has 0 atom stereocenters. The van der Waals surface area contributed by atoms with Crippen LogP contribution in [-0.4, -0.2) is 37.0 Å². The lowest BCUT2D eigenvalue weighted by Gasteiger charge is -2.26. The summed E-state index contributed by atoms with van der Waals surface area (Å²) in [6.45, 7) is 1.02. The van der Waals surface area contributed by atoms with E-state index in [1.54, 1.807) is 11.0 Å². The number of rotatable bonds is 5. The Morgan fingerprint density at radius 3 is 2.85 bits per heavy atom. The molecule has 6 nitrogen and oxygen atoms in total. The Balaban J connectivity index is 1.74. The van der Waals surface area contributed by atoms with E-state index in [2.05, 4.69) is 11.4 Å². The Labute approximate surface area is 161 Å². The zero-order chi connectivity index (χ0) is 19.2. The highest BCUT2D eigenvalue weighted by Crippen LogP contribution is 2.36. The van der Waals surface area contributed by atoms with E-state index in [0.717, 1.165) is 16.0 Å². The predicted octanol–water partition coefficient (Wildman–Crippen LogP) is 2.80. The van der Waals surface area contributed by atoms with Crippen molar-refractivity contribution in [3.63, 3.8) is 0 Å². The number of nitriles is 1. The van der Waals surface area contributed by atoms with Crippen molar-refractivity contribution in [3.05, 3.63) is 58.0 Å². The minimum Gasteiger partial charge on any atom is -0.375 e. The highest BCUT2D eigenvalue weighted by atomic mass is 32.1. The largest absolute Gasteiger partial charge is 0.375 e. The van der Waals surface area contributed by atoms with E-state index in [-0.39, 0.29) is 18.4 Å². The molecule has 0 fully saturated rings. The van der Waals surface area contributed by atoms with Gasteiger partial charge in [0, 0.05) is 24.6 Å². The standard InChI is InChI=1S/C20H19N3O3S/c1-26-13-19(25)23-10-9-15-16(11-21)20(27-17(15)12-23)22-18(24)8-7-14-5-3-2-4-6-14/h2-8H,9-10,12-13H2,1H3,(H,22,24)/b8-7+. The summed E-state index contributed by atoms with van der Waals surface area (Å²) in [6, 6.07) is 11.7. The molecule has 0 radical (unpaired) electrons. The molecule has 0 bridgehead atoms. The molecule has 0 saturated carbocycles. The smallest absolute Gasteiger partial charge is 0.249 e. The normalized spacial score (nSPS) is 13.3. The average Bonchev–Trinajstić information content (AvgIpc) is 3.03. The fourth-order valence-electron chi connectivity index (χ4n) is 2.93. The van der Waals surface area contributed by atoms with Crippen LogP contribution in [0.2, 0.25) is 0 Å². The molecule has 1 aromatic heterocycles. The van der Waals surface area contributed by atoms with Crippen molar-refractivity contribution < 1.29 is 14.3 Å². The average molecular weight is 381 g/mol. The highest BCUT2D eigenvalue weighted by molar-refractivity contribution is 7.16. The Bertz CT molecular complexity index is 913. The Morgan fingerprint density at radius 2 is 2.15 bits per heavy atom. The number of carbonyl (C=O) groups is 2. The van der Waals surface area contributed by atoms with Gasteiger partial charge in [0.15, 0.2) is 0 Å². The first-order valence-corrected chi connectivity index (χ1v) is 9.29. The highest BCUT2D eigenvalue weighted by Gasteiger charge is 2.27. The first-order valence-electron chi connectivity index (χ1n) is 8.48. The summed E-state index contributed by atoms with van der Waals surface area (Å²) in [6.07, 6.45) is 3.77. The zero-order valence-electron chi connectivity index (χ0n) is 14.9. The molecule has 27 heavy (non-hydrogen) atoms. The van der Waals surface area contributed by atoms with Gasteiger partial charge in [-0.05, 0) is 23.6 Å². The molecular formula is C20H19N3O3S. The fourth-order valence-corrected chi connectivity index (χ4v) is 4.14. The lowest BCUT2D eigenvalue weighted by Crippen LogP contribution is -2.37. The number of amides is 2. The second-order valence-electron chi connectivity index (χ2n) is 6.05. The fraction of sp³-hybridized carbons (Fsp3) is 0.250. The third-order valence-corrected chi connectivity index (χ3v) is 5.38. The maximum atomic E-state index is 12.2. The first kappa shape index (κ1) is 18.8. The quantitative estimate of drug-likeness (QED) is 0.808. The van der Waals surface area contributed by atoms with Crippen molar-refractivity contribution in [2.75, 3.05) is 25.6 Å². The number of hydrogen-bond donors (Lipinski definition) is 1. The maximum absolute atomic E-state index is 12.2. The van der Waals surface area contributed by atoms with Crippen LogP contribution in [0.3, 0.4) is 0 Å². The summed E-state index contributed by atoms with van der Waals surface area (Å²) >= 11 is 1.35. The van der Waals surface area contributed by atoms with Crippen molar-refractivity contribution in [2.24, 2.45) is 0 Å². The third-order valence-electron chi connectivity index (χ3n) is 4.25. The zero-order valence-corrected chi connectivity index (χ0v) is 15.7. The lowest BCUT2D eigenvalue weighted by atomic mass is 10.0. The number of thiophene rings is 1. The minimum absolute atomic E-state index is 0.0414. The number of anilines is 1. The van der Waals surface area contributed by atoms with Crippen molar-refractivity contribution in [3.8, 4) is 6.07 Å². The topological polar surface area (TPSA) is 82.4 Å². The van der Waals surface area contributed by atoms with Gasteiger partial charge in [0.1, 0.15) is 17.7 Å². The molecule has 2 amide bonds. The second-order valence-corrected chi connectivity index (χ2v) is 7.16. The summed E-state index contributed by atoms with van der Waals surface area (Å²) in [5, 5.41) is 12.9. The van der Waals surface area contributed by atoms with Gasteiger partial charge in [-0.2, -0.15) is 5.26 Å². The van der Waals surface area contributed by atoms with Gasteiger partial charge in [0.2, 0.25) is 11.8 Å². The number of nitrogens with zero attached hydrogens (tertiary/aromatic N) is 2. The van der Waals surface area contributed by atoms with E-state index < -0.39 is 0 Å². The van der Waals surface area contributed by atoms with Crippen molar-refractivity contribution >= 4 is 34.2 Å². The maximum Gasteiger partial charge on any atom is 0.249 e. The van der Waals surface area contributed by atoms with E-state index in [0.29, 0.717) is 30.1 Å². The summed E-state index contributed by atoms with van der Waals surface area (Å²) in [5.74, 6) is -0.368. The first-order chi connectivity index (χ1) is 13.1. The number of carbonyl (C=O) groups excluding carboxylic acids is 2. The van der Waals surface area contributed by atoms with Gasteiger partial charge >= 0.3 is 0 Å². The molecule has 0 spiro atoms. The molecule has 1 aliphatic rings. The van der Waals surface area contributed by atoms with E-state index in [1.165, 1.54) is 24.5 Å². The van der Waals surface area contributed by atoms with Crippen LogP contribution in [-0.2, 0) is 27.3 Å². The lowest BCUT2D eigenvalue weighted by molar-refractivity contribution is -0.136. The van der Waals surface area contributed by atoms with E-state index in [4.69, 9.17) is 4.74 Å². The summed E-state index contributed by atoms with van der Waals surface area (Å²) < 4.78 is 4.91. The Kier molecular flexibility index (Phi) is 6.01. The Morgan fingerprint density at radius 1 is 1.37 bits per heavy atom. The molecule has 2 heterocycles. The van der Waals surface area contributed by atoms with Gasteiger partial charge in [-0.1, -0.05) is 30.3 Å². The van der Waals surface area contributed by atoms with E-state index in [1.807, 2.05) is 30.3 Å². The Hall–Kier alpha value is -2.95. The number of nitrogens with one attached hydrogen (secondary N) is 1. The molecule has 0 saturated heterocycles. The SMILES string of the molecule is COCC(=O)N1CCc2c(sc(NC(=O)/C=C/c3ccccc3)c2C#N)C1. The van der Waals surface area contributed by atoms with Crippen molar-refractivity contribution in [1.82, 2.24) is 4.90 Å². The minimum atomic E-state index is -0.290. The van der Waals surface area contributed by atoms with E-state index in [9.17, 15) is 14.9 Å². The van der Waals surface area contributed by atoms with Crippen LogP contribution in [0, 0.1) is 11.3 Å². The monoisotopic (exact) mass is 381 g/mol. The second kappa shape index (κ2) is 8.62. The number of hydrogen-bond acceptors (Lipinski definition) is 5. The van der Waals surface area contributed by atoms with Gasteiger partial charge in [-0.3, -0.25) is 9.59 Å². The van der Waals surface area contributed by atoms with Crippen LogP contribution in [0.25, 0.3) is 6.08 Å². The molecule has 7 heteroatoms. The molecule has 2 aromatic rings. The molecule has 3 rings (SSSR count). The molecule has 0 aliphatic carbocycles. The number of methoxy groups -OCH3 is 1. The molecule has 1 aromatic carbocycles. The number of ether oxygens (including phenoxy) is 1.